The zero-order chi connectivity index (χ0) is 18.8. The first kappa shape index (κ1) is 19.1. The number of rotatable bonds is 9. The molecule has 0 radical (unpaired) electrons. The zero-order valence-electron chi connectivity index (χ0n) is 15.1. The highest BCUT2D eigenvalue weighted by Crippen LogP contribution is 2.27. The lowest BCUT2D eigenvalue weighted by Gasteiger charge is -2.10. The molecule has 0 saturated heterocycles. The molecule has 0 atom stereocenters. The molecule has 1 amide bonds. The molecule has 2 N–H and O–H groups in total. The van der Waals surface area contributed by atoms with Gasteiger partial charge < -0.3 is 19.5 Å². The highest BCUT2D eigenvalue weighted by Gasteiger charge is 2.05. The molecule has 0 bridgehead atoms. The molecule has 0 saturated carbocycles. The smallest absolute Gasteiger partial charge is 0.259 e. The summed E-state index contributed by atoms with van der Waals surface area (Å²) in [4.78, 5) is 11.9. The van der Waals surface area contributed by atoms with Gasteiger partial charge in [0.05, 0.1) is 39.3 Å². The average molecular weight is 357 g/mol. The number of carbonyl (C=O) groups excluding carboxylic acids is 1. The number of amides is 1. The fraction of sp³-hybridized carbons (Fsp3) is 0.263. The minimum Gasteiger partial charge on any atom is -0.495 e. The number of benzene rings is 2. The first-order chi connectivity index (χ1) is 12.7. The summed E-state index contributed by atoms with van der Waals surface area (Å²) in [7, 11) is 3.16. The highest BCUT2D eigenvalue weighted by molar-refractivity contribution is 5.85. The minimum absolute atomic E-state index is 0.0739. The van der Waals surface area contributed by atoms with Crippen LogP contribution in [0.5, 0.6) is 17.2 Å². The Morgan fingerprint density at radius 3 is 2.58 bits per heavy atom. The number of ether oxygens (including phenoxy) is 3. The number of anilines is 1. The van der Waals surface area contributed by atoms with Gasteiger partial charge in [0.1, 0.15) is 5.75 Å². The van der Waals surface area contributed by atoms with Crippen LogP contribution in [0.1, 0.15) is 12.5 Å². The molecule has 0 aromatic heterocycles. The van der Waals surface area contributed by atoms with Gasteiger partial charge in [0.2, 0.25) is 0 Å². The maximum atomic E-state index is 11.9. The second-order valence-electron chi connectivity index (χ2n) is 5.19. The van der Waals surface area contributed by atoms with Crippen LogP contribution in [-0.4, -0.2) is 39.5 Å². The molecule has 138 valence electrons. The van der Waals surface area contributed by atoms with Gasteiger partial charge in [0, 0.05) is 0 Å². The second kappa shape index (κ2) is 9.93. The summed E-state index contributed by atoms with van der Waals surface area (Å²) in [6, 6.07) is 12.8. The van der Waals surface area contributed by atoms with Crippen LogP contribution in [-0.2, 0) is 4.79 Å². The molecule has 0 aliphatic heterocycles. The Bertz CT molecular complexity index is 762. The van der Waals surface area contributed by atoms with Crippen LogP contribution < -0.4 is 25.0 Å². The van der Waals surface area contributed by atoms with E-state index in [1.807, 2.05) is 37.3 Å². The summed E-state index contributed by atoms with van der Waals surface area (Å²) < 4.78 is 16.0. The summed E-state index contributed by atoms with van der Waals surface area (Å²) in [6.45, 7) is 2.50. The Hall–Kier alpha value is -3.22. The largest absolute Gasteiger partial charge is 0.495 e. The van der Waals surface area contributed by atoms with Crippen LogP contribution in [0.25, 0.3) is 0 Å². The van der Waals surface area contributed by atoms with Crippen LogP contribution >= 0.6 is 0 Å². The predicted molar refractivity (Wildman–Crippen MR) is 101 cm³/mol. The van der Waals surface area contributed by atoms with Crippen molar-refractivity contribution in [3.8, 4) is 17.2 Å². The van der Waals surface area contributed by atoms with Crippen molar-refractivity contribution >= 4 is 17.8 Å². The van der Waals surface area contributed by atoms with E-state index >= 15 is 0 Å². The van der Waals surface area contributed by atoms with Gasteiger partial charge in [0.15, 0.2) is 11.5 Å². The lowest BCUT2D eigenvalue weighted by atomic mass is 10.2. The quantitative estimate of drug-likeness (QED) is 0.533. The normalized spacial score (nSPS) is 10.4. The van der Waals surface area contributed by atoms with Crippen molar-refractivity contribution in [2.24, 2.45) is 5.10 Å². The number of hydrogen-bond acceptors (Lipinski definition) is 6. The molecule has 26 heavy (non-hydrogen) atoms. The van der Waals surface area contributed by atoms with E-state index in [2.05, 4.69) is 15.8 Å². The lowest BCUT2D eigenvalue weighted by Crippen LogP contribution is -2.26. The zero-order valence-corrected chi connectivity index (χ0v) is 15.1. The van der Waals surface area contributed by atoms with Crippen molar-refractivity contribution in [3.05, 3.63) is 48.0 Å². The van der Waals surface area contributed by atoms with Gasteiger partial charge in [-0.2, -0.15) is 5.10 Å². The number of hydrogen-bond donors (Lipinski definition) is 2. The highest BCUT2D eigenvalue weighted by atomic mass is 16.5. The van der Waals surface area contributed by atoms with E-state index in [1.165, 1.54) is 0 Å². The number of carbonyl (C=O) groups is 1. The molecule has 0 unspecified atom stereocenters. The molecular weight excluding hydrogens is 334 g/mol. The molecule has 0 aliphatic carbocycles. The van der Waals surface area contributed by atoms with E-state index in [1.54, 1.807) is 32.6 Å². The minimum atomic E-state index is -0.273. The third-order valence-electron chi connectivity index (χ3n) is 3.44. The van der Waals surface area contributed by atoms with Gasteiger partial charge >= 0.3 is 0 Å². The molecule has 7 nitrogen and oxygen atoms in total. The predicted octanol–water partition coefficient (Wildman–Crippen LogP) is 2.66. The standard InChI is InChI=1S/C19H23N3O4/c1-4-26-18-11-14(9-10-17(18)25-3)12-21-22-19(23)13-20-15-7-5-6-8-16(15)24-2/h5-12,20H,4,13H2,1-3H3,(H,22,23)/b21-12+. The van der Waals surface area contributed by atoms with E-state index < -0.39 is 0 Å². The number of methoxy groups -OCH3 is 2. The summed E-state index contributed by atoms with van der Waals surface area (Å²) in [5.74, 6) is 1.67. The lowest BCUT2D eigenvalue weighted by molar-refractivity contribution is -0.119. The third-order valence-corrected chi connectivity index (χ3v) is 3.44. The first-order valence-electron chi connectivity index (χ1n) is 8.17. The third kappa shape index (κ3) is 5.41. The molecule has 2 aromatic rings. The van der Waals surface area contributed by atoms with Crippen LogP contribution in [0, 0.1) is 0 Å². The van der Waals surface area contributed by atoms with E-state index in [0.29, 0.717) is 23.9 Å². The summed E-state index contributed by atoms with van der Waals surface area (Å²) in [5, 5.41) is 6.97. The van der Waals surface area contributed by atoms with Crippen LogP contribution in [0.2, 0.25) is 0 Å². The Kier molecular flexibility index (Phi) is 7.30. The van der Waals surface area contributed by atoms with Crippen molar-refractivity contribution in [2.45, 2.75) is 6.92 Å². The topological polar surface area (TPSA) is 81.2 Å². The van der Waals surface area contributed by atoms with E-state index in [9.17, 15) is 4.79 Å². The van der Waals surface area contributed by atoms with Crippen molar-refractivity contribution in [2.75, 3.05) is 32.7 Å². The number of para-hydroxylation sites is 2. The van der Waals surface area contributed by atoms with E-state index in [-0.39, 0.29) is 12.5 Å². The van der Waals surface area contributed by atoms with Crippen molar-refractivity contribution in [1.82, 2.24) is 5.43 Å². The maximum Gasteiger partial charge on any atom is 0.259 e. The van der Waals surface area contributed by atoms with Crippen molar-refractivity contribution in [1.29, 1.82) is 0 Å². The summed E-state index contributed by atoms with van der Waals surface area (Å²) in [6.07, 6.45) is 1.54. The van der Waals surface area contributed by atoms with E-state index in [0.717, 1.165) is 11.3 Å². The van der Waals surface area contributed by atoms with Gasteiger partial charge in [-0.1, -0.05) is 12.1 Å². The Morgan fingerprint density at radius 2 is 1.85 bits per heavy atom. The van der Waals surface area contributed by atoms with Gasteiger partial charge in [-0.3, -0.25) is 4.79 Å². The van der Waals surface area contributed by atoms with Crippen LogP contribution in [0.4, 0.5) is 5.69 Å². The number of nitrogens with zero attached hydrogens (tertiary/aromatic N) is 1. The SMILES string of the molecule is CCOc1cc(/C=N/NC(=O)CNc2ccccc2OC)ccc1OC. The molecule has 2 aromatic carbocycles. The first-order valence-corrected chi connectivity index (χ1v) is 8.17. The van der Waals surface area contributed by atoms with Gasteiger partial charge in [-0.15, -0.1) is 0 Å². The maximum absolute atomic E-state index is 11.9. The monoisotopic (exact) mass is 357 g/mol. The summed E-state index contributed by atoms with van der Waals surface area (Å²) in [5.41, 5.74) is 4.00. The van der Waals surface area contributed by atoms with Crippen molar-refractivity contribution in [3.63, 3.8) is 0 Å². The van der Waals surface area contributed by atoms with Gasteiger partial charge in [-0.25, -0.2) is 5.43 Å². The van der Waals surface area contributed by atoms with Crippen LogP contribution in [0.15, 0.2) is 47.6 Å². The molecule has 0 fully saturated rings. The average Bonchev–Trinajstić information content (AvgIpc) is 2.67. The molecular formula is C19H23N3O4. The molecule has 2 rings (SSSR count). The molecule has 0 heterocycles. The molecule has 7 heteroatoms. The van der Waals surface area contributed by atoms with Crippen molar-refractivity contribution < 1.29 is 19.0 Å². The van der Waals surface area contributed by atoms with Gasteiger partial charge in [0.25, 0.3) is 5.91 Å². The fourth-order valence-electron chi connectivity index (χ4n) is 2.23. The number of nitrogens with one attached hydrogen (secondary N) is 2. The molecule has 0 aliphatic rings. The Balaban J connectivity index is 1.89. The van der Waals surface area contributed by atoms with E-state index in [4.69, 9.17) is 14.2 Å². The summed E-state index contributed by atoms with van der Waals surface area (Å²) >= 11 is 0. The Labute approximate surface area is 153 Å². The second-order valence-corrected chi connectivity index (χ2v) is 5.19. The van der Waals surface area contributed by atoms with Crippen LogP contribution in [0.3, 0.4) is 0 Å². The fourth-order valence-corrected chi connectivity index (χ4v) is 2.23. The van der Waals surface area contributed by atoms with Gasteiger partial charge in [-0.05, 0) is 42.8 Å². The number of hydrazone groups is 1. The Morgan fingerprint density at radius 1 is 1.08 bits per heavy atom. The molecule has 0 spiro atoms.